The van der Waals surface area contributed by atoms with Crippen molar-refractivity contribution in [2.75, 3.05) is 32.8 Å². The monoisotopic (exact) mass is 436 g/mol. The lowest BCUT2D eigenvalue weighted by atomic mass is 9.76. The largest absolute Gasteiger partial charge is 0.494 e. The van der Waals surface area contributed by atoms with Crippen molar-refractivity contribution in [1.82, 2.24) is 15.5 Å². The molecule has 2 aliphatic heterocycles. The van der Waals surface area contributed by atoms with Crippen LogP contribution in [0.2, 0.25) is 0 Å². The van der Waals surface area contributed by atoms with Crippen molar-refractivity contribution in [3.8, 4) is 5.75 Å². The van der Waals surface area contributed by atoms with Crippen LogP contribution in [0.5, 0.6) is 5.75 Å². The number of carbonyl (C=O) groups excluding carboxylic acids is 2. The quantitative estimate of drug-likeness (QED) is 0.578. The van der Waals surface area contributed by atoms with Crippen LogP contribution in [0, 0.1) is 5.92 Å². The van der Waals surface area contributed by atoms with Crippen LogP contribution >= 0.6 is 0 Å². The zero-order valence-corrected chi connectivity index (χ0v) is 18.5. The van der Waals surface area contributed by atoms with Gasteiger partial charge in [0.2, 0.25) is 5.91 Å². The van der Waals surface area contributed by atoms with Crippen LogP contribution in [0.25, 0.3) is 0 Å². The van der Waals surface area contributed by atoms with Crippen molar-refractivity contribution < 1.29 is 14.3 Å². The number of hydrogen-bond acceptors (Lipinski definition) is 5. The Morgan fingerprint density at radius 3 is 2.78 bits per heavy atom. The van der Waals surface area contributed by atoms with Crippen LogP contribution < -0.4 is 21.1 Å². The van der Waals surface area contributed by atoms with Gasteiger partial charge in [0.1, 0.15) is 5.75 Å². The van der Waals surface area contributed by atoms with E-state index in [1.165, 1.54) is 0 Å². The molecule has 0 unspecified atom stereocenters. The lowest BCUT2D eigenvalue weighted by molar-refractivity contribution is -0.121. The van der Waals surface area contributed by atoms with Crippen molar-refractivity contribution in [2.24, 2.45) is 11.7 Å². The van der Waals surface area contributed by atoms with E-state index in [2.05, 4.69) is 22.8 Å². The Morgan fingerprint density at radius 1 is 1.22 bits per heavy atom. The lowest BCUT2D eigenvalue weighted by Crippen LogP contribution is -2.60. The molecule has 0 spiro atoms. The topological polar surface area (TPSA) is 96.7 Å². The van der Waals surface area contributed by atoms with Gasteiger partial charge in [-0.15, -0.1) is 0 Å². The Labute approximate surface area is 189 Å². The summed E-state index contributed by atoms with van der Waals surface area (Å²) in [7, 11) is 0. The molecule has 2 aliphatic rings. The molecule has 7 nitrogen and oxygen atoms in total. The highest BCUT2D eigenvalue weighted by Gasteiger charge is 2.55. The van der Waals surface area contributed by atoms with Gasteiger partial charge >= 0.3 is 0 Å². The molecule has 3 atom stereocenters. The number of rotatable bonds is 7. The van der Waals surface area contributed by atoms with Gasteiger partial charge in [0.15, 0.2) is 0 Å². The first-order valence-electron chi connectivity index (χ1n) is 11.3. The van der Waals surface area contributed by atoms with Gasteiger partial charge in [0.05, 0.1) is 18.2 Å². The van der Waals surface area contributed by atoms with Crippen LogP contribution in [0.1, 0.15) is 41.7 Å². The zero-order valence-electron chi connectivity index (χ0n) is 18.5. The number of ether oxygens (including phenoxy) is 1. The summed E-state index contributed by atoms with van der Waals surface area (Å²) in [6, 6.07) is 17.3. The molecule has 0 bridgehead atoms. The SMILES string of the molecule is CC(=O)N[C@@]12CCNC[C@@H]1[C@@H](c1ccccc1)N(C(=O)c1cccc(OCCCN)c1)C2. The van der Waals surface area contributed by atoms with Crippen molar-refractivity contribution in [3.05, 3.63) is 65.7 Å². The van der Waals surface area contributed by atoms with E-state index in [4.69, 9.17) is 10.5 Å². The Hall–Kier alpha value is -2.90. The van der Waals surface area contributed by atoms with E-state index in [0.717, 1.165) is 31.5 Å². The maximum absolute atomic E-state index is 13.8. The van der Waals surface area contributed by atoms with E-state index >= 15 is 0 Å². The third-order valence-corrected chi connectivity index (χ3v) is 6.52. The predicted octanol–water partition coefficient (Wildman–Crippen LogP) is 2.10. The number of benzene rings is 2. The van der Waals surface area contributed by atoms with Gasteiger partial charge in [0, 0.05) is 31.5 Å². The molecular formula is C25H32N4O3. The molecule has 2 saturated heterocycles. The number of amides is 2. The van der Waals surface area contributed by atoms with E-state index in [1.54, 1.807) is 13.0 Å². The summed E-state index contributed by atoms with van der Waals surface area (Å²) in [5, 5.41) is 6.70. The average molecular weight is 437 g/mol. The maximum Gasteiger partial charge on any atom is 0.254 e. The maximum atomic E-state index is 13.8. The molecule has 170 valence electrons. The summed E-state index contributed by atoms with van der Waals surface area (Å²) in [6.07, 6.45) is 1.54. The van der Waals surface area contributed by atoms with E-state index in [1.807, 2.05) is 41.3 Å². The number of nitrogens with zero attached hydrogens (tertiary/aromatic N) is 1. The number of piperidine rings is 1. The number of nitrogens with two attached hydrogens (primary N) is 1. The van der Waals surface area contributed by atoms with Gasteiger partial charge in [-0.1, -0.05) is 36.4 Å². The second-order valence-corrected chi connectivity index (χ2v) is 8.71. The number of nitrogens with one attached hydrogen (secondary N) is 2. The van der Waals surface area contributed by atoms with Gasteiger partial charge in [-0.2, -0.15) is 0 Å². The van der Waals surface area contributed by atoms with Crippen molar-refractivity contribution >= 4 is 11.8 Å². The average Bonchev–Trinajstić information content (AvgIpc) is 3.13. The molecule has 4 N–H and O–H groups in total. The van der Waals surface area contributed by atoms with Gasteiger partial charge in [0.25, 0.3) is 5.91 Å². The molecule has 0 aromatic heterocycles. The van der Waals surface area contributed by atoms with E-state index in [-0.39, 0.29) is 23.8 Å². The molecule has 2 heterocycles. The molecule has 0 radical (unpaired) electrons. The minimum atomic E-state index is -0.442. The summed E-state index contributed by atoms with van der Waals surface area (Å²) in [6.45, 7) is 4.67. The Balaban J connectivity index is 1.68. The number of hydrogen-bond donors (Lipinski definition) is 3. The molecule has 2 amide bonds. The standard InChI is InChI=1S/C25H32N4O3/c1-18(30)28-25-11-13-27-16-22(25)23(19-7-3-2-4-8-19)29(17-25)24(31)20-9-5-10-21(15-20)32-14-6-12-26/h2-5,7-10,15,22-23,27H,6,11-14,16-17,26H2,1H3,(H,28,30)/t22-,23-,25-/m1/s1. The van der Waals surface area contributed by atoms with Crippen LogP contribution in [0.15, 0.2) is 54.6 Å². The summed E-state index contributed by atoms with van der Waals surface area (Å²) in [5.74, 6) is 0.626. The van der Waals surface area contributed by atoms with Crippen LogP contribution in [-0.2, 0) is 4.79 Å². The Kier molecular flexibility index (Phi) is 6.77. The zero-order chi connectivity index (χ0) is 22.6. The molecule has 7 heteroatoms. The molecule has 0 saturated carbocycles. The molecule has 2 fully saturated rings. The van der Waals surface area contributed by atoms with E-state index in [0.29, 0.717) is 31.0 Å². The van der Waals surface area contributed by atoms with Crippen LogP contribution in [0.3, 0.4) is 0 Å². The molecule has 2 aromatic carbocycles. The van der Waals surface area contributed by atoms with Crippen molar-refractivity contribution in [1.29, 1.82) is 0 Å². The third-order valence-electron chi connectivity index (χ3n) is 6.52. The lowest BCUT2D eigenvalue weighted by Gasteiger charge is -2.40. The second-order valence-electron chi connectivity index (χ2n) is 8.71. The summed E-state index contributed by atoms with van der Waals surface area (Å²) >= 11 is 0. The normalized spacial score (nSPS) is 24.6. The first-order chi connectivity index (χ1) is 15.5. The molecule has 0 aliphatic carbocycles. The smallest absolute Gasteiger partial charge is 0.254 e. The summed E-state index contributed by atoms with van der Waals surface area (Å²) < 4.78 is 5.76. The Bertz CT molecular complexity index is 951. The van der Waals surface area contributed by atoms with Crippen molar-refractivity contribution in [2.45, 2.75) is 31.3 Å². The highest BCUT2D eigenvalue weighted by Crippen LogP contribution is 2.46. The number of carbonyl (C=O) groups is 2. The van der Waals surface area contributed by atoms with Gasteiger partial charge in [-0.3, -0.25) is 9.59 Å². The predicted molar refractivity (Wildman–Crippen MR) is 123 cm³/mol. The molecular weight excluding hydrogens is 404 g/mol. The van der Waals surface area contributed by atoms with Gasteiger partial charge < -0.3 is 26.0 Å². The highest BCUT2D eigenvalue weighted by molar-refractivity contribution is 5.95. The number of likely N-dealkylation sites (tertiary alicyclic amines) is 1. The summed E-state index contributed by atoms with van der Waals surface area (Å²) in [5.41, 5.74) is 6.78. The first kappa shape index (κ1) is 22.3. The fourth-order valence-corrected chi connectivity index (χ4v) is 5.14. The Morgan fingerprint density at radius 2 is 2.03 bits per heavy atom. The molecule has 4 rings (SSSR count). The summed E-state index contributed by atoms with van der Waals surface area (Å²) in [4.78, 5) is 27.9. The minimum absolute atomic E-state index is 0.0535. The molecule has 32 heavy (non-hydrogen) atoms. The van der Waals surface area contributed by atoms with Crippen LogP contribution in [0.4, 0.5) is 0 Å². The first-order valence-corrected chi connectivity index (χ1v) is 11.3. The fourth-order valence-electron chi connectivity index (χ4n) is 5.14. The van der Waals surface area contributed by atoms with Gasteiger partial charge in [-0.05, 0) is 49.7 Å². The van der Waals surface area contributed by atoms with Crippen LogP contribution in [-0.4, -0.2) is 55.0 Å². The third kappa shape index (κ3) is 4.49. The minimum Gasteiger partial charge on any atom is -0.494 e. The molecule has 2 aromatic rings. The van der Waals surface area contributed by atoms with Crippen molar-refractivity contribution in [3.63, 3.8) is 0 Å². The highest BCUT2D eigenvalue weighted by atomic mass is 16.5. The number of fused-ring (bicyclic) bond motifs is 1. The fraction of sp³-hybridized carbons (Fsp3) is 0.440. The van der Waals surface area contributed by atoms with Gasteiger partial charge in [-0.25, -0.2) is 0 Å². The second kappa shape index (κ2) is 9.71. The van der Waals surface area contributed by atoms with E-state index in [9.17, 15) is 9.59 Å². The van der Waals surface area contributed by atoms with E-state index < -0.39 is 5.54 Å².